The number of rotatable bonds is 5. The van der Waals surface area contributed by atoms with Gasteiger partial charge in [-0.3, -0.25) is 4.79 Å². The van der Waals surface area contributed by atoms with Gasteiger partial charge in [-0.25, -0.2) is 4.98 Å². The van der Waals surface area contributed by atoms with E-state index in [-0.39, 0.29) is 5.91 Å². The predicted molar refractivity (Wildman–Crippen MR) is 75.9 cm³/mol. The van der Waals surface area contributed by atoms with E-state index < -0.39 is 0 Å². The molecule has 1 aromatic heterocycles. The second-order valence-electron chi connectivity index (χ2n) is 4.96. The van der Waals surface area contributed by atoms with Crippen molar-refractivity contribution in [1.29, 1.82) is 0 Å². The molecule has 1 heterocycles. The summed E-state index contributed by atoms with van der Waals surface area (Å²) in [5.74, 6) is 0.743. The van der Waals surface area contributed by atoms with Crippen molar-refractivity contribution in [3.05, 3.63) is 11.1 Å². The molecular formula is C13H19N3O2S. The van der Waals surface area contributed by atoms with Crippen molar-refractivity contribution >= 4 is 28.1 Å². The quantitative estimate of drug-likeness (QED) is 0.494. The lowest BCUT2D eigenvalue weighted by Crippen LogP contribution is -2.12. The zero-order chi connectivity index (χ0) is 13.7. The summed E-state index contributed by atoms with van der Waals surface area (Å²) in [5.41, 5.74) is 1.04. The maximum Gasteiger partial charge on any atom is 0.226 e. The molecule has 6 heteroatoms. The largest absolute Gasteiger partial charge is 0.411 e. The summed E-state index contributed by atoms with van der Waals surface area (Å²) in [4.78, 5) is 16.0. The monoisotopic (exact) mass is 281 g/mol. The van der Waals surface area contributed by atoms with Gasteiger partial charge in [0, 0.05) is 11.8 Å². The van der Waals surface area contributed by atoms with Gasteiger partial charge < -0.3 is 10.5 Å². The lowest BCUT2D eigenvalue weighted by molar-refractivity contribution is -0.116. The number of thiazole rings is 1. The Bertz CT molecular complexity index is 464. The van der Waals surface area contributed by atoms with Crippen LogP contribution in [0.2, 0.25) is 0 Å². The van der Waals surface area contributed by atoms with Crippen LogP contribution in [0.1, 0.15) is 51.1 Å². The molecule has 0 unspecified atom stereocenters. The Labute approximate surface area is 116 Å². The smallest absolute Gasteiger partial charge is 0.226 e. The third-order valence-electron chi connectivity index (χ3n) is 3.53. The number of hydrogen-bond donors (Lipinski definition) is 2. The molecule has 1 aromatic rings. The van der Waals surface area contributed by atoms with Gasteiger partial charge in [0.1, 0.15) is 11.4 Å². The van der Waals surface area contributed by atoms with E-state index in [9.17, 15) is 4.79 Å². The van der Waals surface area contributed by atoms with E-state index in [0.29, 0.717) is 23.0 Å². The molecule has 1 amide bonds. The van der Waals surface area contributed by atoms with Gasteiger partial charge in [-0.15, -0.1) is 11.3 Å². The van der Waals surface area contributed by atoms with Gasteiger partial charge in [0.2, 0.25) is 5.91 Å². The fourth-order valence-corrected chi connectivity index (χ4v) is 3.13. The van der Waals surface area contributed by atoms with Crippen molar-refractivity contribution in [1.82, 2.24) is 4.98 Å². The zero-order valence-corrected chi connectivity index (χ0v) is 11.9. The molecule has 0 aliphatic heterocycles. The molecule has 0 atom stereocenters. The lowest BCUT2D eigenvalue weighted by atomic mass is 10.0. The van der Waals surface area contributed by atoms with Crippen molar-refractivity contribution in [2.75, 3.05) is 5.32 Å². The molecule has 1 saturated carbocycles. The number of amides is 1. The van der Waals surface area contributed by atoms with Gasteiger partial charge in [-0.2, -0.15) is 0 Å². The molecule has 2 N–H and O–H groups in total. The molecule has 19 heavy (non-hydrogen) atoms. The molecule has 1 aliphatic rings. The standard InChI is InChI=1S/C13H19N3O2S/c1-9(16-18)11-8-19-13(14-11)15-12(17)7-6-10-4-2-3-5-10/h8,10,18H,2-7H2,1H3,(H,14,15,17). The van der Waals surface area contributed by atoms with Gasteiger partial charge in [-0.05, 0) is 19.3 Å². The maximum absolute atomic E-state index is 11.8. The fourth-order valence-electron chi connectivity index (χ4n) is 2.36. The number of aromatic nitrogens is 1. The van der Waals surface area contributed by atoms with E-state index in [1.165, 1.54) is 37.0 Å². The van der Waals surface area contributed by atoms with E-state index in [1.54, 1.807) is 12.3 Å². The molecule has 1 aliphatic carbocycles. The summed E-state index contributed by atoms with van der Waals surface area (Å²) in [6, 6.07) is 0. The minimum atomic E-state index is 0.0198. The topological polar surface area (TPSA) is 74.6 Å². The van der Waals surface area contributed by atoms with Crippen LogP contribution in [0.5, 0.6) is 0 Å². The van der Waals surface area contributed by atoms with Crippen molar-refractivity contribution in [2.45, 2.75) is 45.4 Å². The maximum atomic E-state index is 11.8. The summed E-state index contributed by atoms with van der Waals surface area (Å²) >= 11 is 1.34. The van der Waals surface area contributed by atoms with Crippen molar-refractivity contribution in [2.24, 2.45) is 11.1 Å². The molecule has 1 fully saturated rings. The summed E-state index contributed by atoms with van der Waals surface area (Å²) in [6.07, 6.45) is 6.68. The first kappa shape index (κ1) is 14.0. The van der Waals surface area contributed by atoms with Crippen LogP contribution in [0.4, 0.5) is 5.13 Å². The minimum Gasteiger partial charge on any atom is -0.411 e. The van der Waals surface area contributed by atoms with Crippen molar-refractivity contribution in [3.8, 4) is 0 Å². The molecule has 5 nitrogen and oxygen atoms in total. The minimum absolute atomic E-state index is 0.0198. The highest BCUT2D eigenvalue weighted by Crippen LogP contribution is 2.28. The number of anilines is 1. The van der Waals surface area contributed by atoms with Crippen LogP contribution in [-0.4, -0.2) is 21.8 Å². The zero-order valence-electron chi connectivity index (χ0n) is 11.1. The van der Waals surface area contributed by atoms with Gasteiger partial charge in [0.05, 0.1) is 0 Å². The number of nitrogens with zero attached hydrogens (tertiary/aromatic N) is 2. The molecule has 0 bridgehead atoms. The summed E-state index contributed by atoms with van der Waals surface area (Å²) in [6.45, 7) is 1.67. The average Bonchev–Trinajstić information content (AvgIpc) is 3.06. The van der Waals surface area contributed by atoms with Gasteiger partial charge in [0.15, 0.2) is 5.13 Å². The molecular weight excluding hydrogens is 262 g/mol. The Kier molecular flexibility index (Phi) is 4.90. The number of carbonyl (C=O) groups is 1. The predicted octanol–water partition coefficient (Wildman–Crippen LogP) is 3.25. The number of hydrogen-bond acceptors (Lipinski definition) is 5. The number of oxime groups is 1. The first-order valence-electron chi connectivity index (χ1n) is 6.63. The second-order valence-corrected chi connectivity index (χ2v) is 5.82. The Morgan fingerprint density at radius 3 is 3.00 bits per heavy atom. The fraction of sp³-hybridized carbons (Fsp3) is 0.615. The summed E-state index contributed by atoms with van der Waals surface area (Å²) in [5, 5.41) is 16.9. The average molecular weight is 281 g/mol. The summed E-state index contributed by atoms with van der Waals surface area (Å²) in [7, 11) is 0. The van der Waals surface area contributed by atoms with Crippen LogP contribution in [0.25, 0.3) is 0 Å². The van der Waals surface area contributed by atoms with E-state index in [2.05, 4.69) is 15.5 Å². The van der Waals surface area contributed by atoms with E-state index in [1.807, 2.05) is 0 Å². The Morgan fingerprint density at radius 2 is 2.32 bits per heavy atom. The van der Waals surface area contributed by atoms with E-state index >= 15 is 0 Å². The van der Waals surface area contributed by atoms with Crippen molar-refractivity contribution < 1.29 is 10.0 Å². The third-order valence-corrected chi connectivity index (χ3v) is 4.28. The van der Waals surface area contributed by atoms with Crippen LogP contribution in [0.3, 0.4) is 0 Å². The highest BCUT2D eigenvalue weighted by molar-refractivity contribution is 7.14. The number of carbonyl (C=O) groups excluding carboxylic acids is 1. The molecule has 0 radical (unpaired) electrons. The van der Waals surface area contributed by atoms with Crippen LogP contribution in [0.15, 0.2) is 10.5 Å². The van der Waals surface area contributed by atoms with E-state index in [4.69, 9.17) is 5.21 Å². The Hall–Kier alpha value is -1.43. The third kappa shape index (κ3) is 4.02. The van der Waals surface area contributed by atoms with Gasteiger partial charge >= 0.3 is 0 Å². The SMILES string of the molecule is CC(=NO)c1csc(NC(=O)CCC2CCCC2)n1. The highest BCUT2D eigenvalue weighted by Gasteiger charge is 2.16. The molecule has 0 aromatic carbocycles. The molecule has 104 valence electrons. The lowest BCUT2D eigenvalue weighted by Gasteiger charge is -2.07. The first-order valence-corrected chi connectivity index (χ1v) is 7.51. The Morgan fingerprint density at radius 1 is 1.58 bits per heavy atom. The van der Waals surface area contributed by atoms with Crippen LogP contribution >= 0.6 is 11.3 Å². The molecule has 2 rings (SSSR count). The van der Waals surface area contributed by atoms with Gasteiger partial charge in [0.25, 0.3) is 0 Å². The summed E-state index contributed by atoms with van der Waals surface area (Å²) < 4.78 is 0. The van der Waals surface area contributed by atoms with Gasteiger partial charge in [-0.1, -0.05) is 30.8 Å². The van der Waals surface area contributed by atoms with Crippen LogP contribution < -0.4 is 5.32 Å². The number of nitrogens with one attached hydrogen (secondary N) is 1. The molecule has 0 spiro atoms. The van der Waals surface area contributed by atoms with Crippen molar-refractivity contribution in [3.63, 3.8) is 0 Å². The Balaban J connectivity index is 1.79. The first-order chi connectivity index (χ1) is 9.19. The molecule has 0 saturated heterocycles. The normalized spacial score (nSPS) is 16.8. The van der Waals surface area contributed by atoms with Crippen LogP contribution in [-0.2, 0) is 4.79 Å². The van der Waals surface area contributed by atoms with Crippen LogP contribution in [0, 0.1) is 5.92 Å². The van der Waals surface area contributed by atoms with E-state index in [0.717, 1.165) is 12.3 Å². The second kappa shape index (κ2) is 6.65. The highest BCUT2D eigenvalue weighted by atomic mass is 32.1.